The quantitative estimate of drug-likeness (QED) is 0.853. The standard InChI is InChI=1S/C16H21N3O2/c1-17-15(20)11-6-8-19(9-7-11)16(21)14-10-12-4-2-3-5-13(12)18-14/h2-5,11,14,18H,6-10H2,1H3,(H,17,20)/t14-/m0/s1. The second kappa shape index (κ2) is 5.76. The Hall–Kier alpha value is -2.04. The molecular formula is C16H21N3O2. The summed E-state index contributed by atoms with van der Waals surface area (Å²) in [5.41, 5.74) is 2.27. The normalized spacial score (nSPS) is 21.6. The fourth-order valence-corrected chi connectivity index (χ4v) is 3.23. The maximum atomic E-state index is 12.6. The van der Waals surface area contributed by atoms with Crippen LogP contribution >= 0.6 is 0 Å². The van der Waals surface area contributed by atoms with Gasteiger partial charge < -0.3 is 15.5 Å². The van der Waals surface area contributed by atoms with E-state index in [-0.39, 0.29) is 23.8 Å². The first-order valence-electron chi connectivity index (χ1n) is 7.54. The number of fused-ring (bicyclic) bond motifs is 1. The van der Waals surface area contributed by atoms with Crippen LogP contribution in [0.25, 0.3) is 0 Å². The fraction of sp³-hybridized carbons (Fsp3) is 0.500. The molecular weight excluding hydrogens is 266 g/mol. The molecule has 1 aromatic carbocycles. The average Bonchev–Trinajstić information content (AvgIpc) is 2.97. The van der Waals surface area contributed by atoms with Crippen LogP contribution in [0.1, 0.15) is 18.4 Å². The number of hydrogen-bond acceptors (Lipinski definition) is 3. The molecule has 2 aliphatic heterocycles. The largest absolute Gasteiger partial charge is 0.373 e. The Morgan fingerprint density at radius 1 is 1.24 bits per heavy atom. The Morgan fingerprint density at radius 3 is 2.62 bits per heavy atom. The van der Waals surface area contributed by atoms with E-state index in [4.69, 9.17) is 0 Å². The molecule has 3 rings (SSSR count). The molecule has 0 spiro atoms. The summed E-state index contributed by atoms with van der Waals surface area (Å²) in [6.45, 7) is 1.34. The molecule has 0 unspecified atom stereocenters. The van der Waals surface area contributed by atoms with E-state index < -0.39 is 0 Å². The molecule has 5 nitrogen and oxygen atoms in total. The van der Waals surface area contributed by atoms with Gasteiger partial charge in [-0.3, -0.25) is 9.59 Å². The highest BCUT2D eigenvalue weighted by Crippen LogP contribution is 2.27. The molecule has 0 radical (unpaired) electrons. The third-order valence-corrected chi connectivity index (χ3v) is 4.49. The van der Waals surface area contributed by atoms with Crippen LogP contribution < -0.4 is 10.6 Å². The van der Waals surface area contributed by atoms with Gasteiger partial charge in [-0.1, -0.05) is 18.2 Å². The number of hydrogen-bond donors (Lipinski definition) is 2. The van der Waals surface area contributed by atoms with Crippen LogP contribution in [0.3, 0.4) is 0 Å². The Balaban J connectivity index is 1.57. The zero-order valence-corrected chi connectivity index (χ0v) is 12.3. The van der Waals surface area contributed by atoms with Crippen molar-refractivity contribution in [2.45, 2.75) is 25.3 Å². The molecule has 1 fully saturated rings. The number of rotatable bonds is 2. The summed E-state index contributed by atoms with van der Waals surface area (Å²) in [7, 11) is 1.67. The van der Waals surface area contributed by atoms with Crippen LogP contribution in [0.5, 0.6) is 0 Å². The molecule has 2 N–H and O–H groups in total. The molecule has 1 atom stereocenters. The van der Waals surface area contributed by atoms with Gasteiger partial charge in [-0.2, -0.15) is 0 Å². The smallest absolute Gasteiger partial charge is 0.245 e. The summed E-state index contributed by atoms with van der Waals surface area (Å²) < 4.78 is 0. The van der Waals surface area contributed by atoms with Gasteiger partial charge in [0.2, 0.25) is 11.8 Å². The van der Waals surface area contributed by atoms with Crippen LogP contribution in [0, 0.1) is 5.92 Å². The molecule has 5 heteroatoms. The van der Waals surface area contributed by atoms with Gasteiger partial charge in [0.05, 0.1) is 0 Å². The summed E-state index contributed by atoms with van der Waals surface area (Å²) in [5.74, 6) is 0.294. The van der Waals surface area contributed by atoms with Crippen LogP contribution in [-0.2, 0) is 16.0 Å². The van der Waals surface area contributed by atoms with Crippen molar-refractivity contribution in [3.8, 4) is 0 Å². The van der Waals surface area contributed by atoms with E-state index in [1.165, 1.54) is 5.56 Å². The molecule has 0 aliphatic carbocycles. The molecule has 2 heterocycles. The predicted molar refractivity (Wildman–Crippen MR) is 80.9 cm³/mol. The minimum absolute atomic E-state index is 0.0489. The van der Waals surface area contributed by atoms with Gasteiger partial charge in [-0.15, -0.1) is 0 Å². The van der Waals surface area contributed by atoms with E-state index in [0.717, 1.165) is 24.9 Å². The van der Waals surface area contributed by atoms with Crippen molar-refractivity contribution in [1.29, 1.82) is 0 Å². The summed E-state index contributed by atoms with van der Waals surface area (Å²) in [5, 5.41) is 6.00. The Bertz CT molecular complexity index is 525. The number of carbonyl (C=O) groups excluding carboxylic acids is 2. The molecule has 21 heavy (non-hydrogen) atoms. The number of anilines is 1. The number of nitrogens with one attached hydrogen (secondary N) is 2. The number of para-hydroxylation sites is 1. The molecule has 2 aliphatic rings. The molecule has 112 valence electrons. The summed E-state index contributed by atoms with van der Waals surface area (Å²) in [4.78, 5) is 26.1. The van der Waals surface area contributed by atoms with Crippen molar-refractivity contribution in [2.24, 2.45) is 5.92 Å². The first-order valence-corrected chi connectivity index (χ1v) is 7.54. The number of benzene rings is 1. The number of piperidine rings is 1. The van der Waals surface area contributed by atoms with E-state index in [1.807, 2.05) is 23.1 Å². The topological polar surface area (TPSA) is 61.4 Å². The minimum atomic E-state index is -0.154. The van der Waals surface area contributed by atoms with Crippen LogP contribution in [-0.4, -0.2) is 42.9 Å². The number of nitrogens with zero attached hydrogens (tertiary/aromatic N) is 1. The number of amides is 2. The Morgan fingerprint density at radius 2 is 1.95 bits per heavy atom. The van der Waals surface area contributed by atoms with Gasteiger partial charge in [0, 0.05) is 38.2 Å². The van der Waals surface area contributed by atoms with Crippen LogP contribution in [0.2, 0.25) is 0 Å². The van der Waals surface area contributed by atoms with Crippen molar-refractivity contribution in [3.05, 3.63) is 29.8 Å². The minimum Gasteiger partial charge on any atom is -0.373 e. The first kappa shape index (κ1) is 13.9. The Labute approximate surface area is 124 Å². The van der Waals surface area contributed by atoms with Gasteiger partial charge in [-0.05, 0) is 24.5 Å². The SMILES string of the molecule is CNC(=O)C1CCN(C(=O)[C@@H]2Cc3ccccc3N2)CC1. The first-order chi connectivity index (χ1) is 10.2. The molecule has 1 aromatic rings. The van der Waals surface area contributed by atoms with E-state index in [0.29, 0.717) is 13.1 Å². The molecule has 0 aromatic heterocycles. The van der Waals surface area contributed by atoms with Crippen molar-refractivity contribution in [2.75, 3.05) is 25.5 Å². The lowest BCUT2D eigenvalue weighted by Crippen LogP contribution is -2.47. The lowest BCUT2D eigenvalue weighted by atomic mass is 9.95. The highest BCUT2D eigenvalue weighted by atomic mass is 16.2. The maximum Gasteiger partial charge on any atom is 0.245 e. The van der Waals surface area contributed by atoms with E-state index in [2.05, 4.69) is 16.7 Å². The molecule has 1 saturated heterocycles. The van der Waals surface area contributed by atoms with Crippen molar-refractivity contribution >= 4 is 17.5 Å². The molecule has 2 amide bonds. The third-order valence-electron chi connectivity index (χ3n) is 4.49. The number of likely N-dealkylation sites (tertiary alicyclic amines) is 1. The van der Waals surface area contributed by atoms with Crippen molar-refractivity contribution in [1.82, 2.24) is 10.2 Å². The van der Waals surface area contributed by atoms with E-state index >= 15 is 0 Å². The van der Waals surface area contributed by atoms with Gasteiger partial charge in [0.25, 0.3) is 0 Å². The molecule has 0 bridgehead atoms. The fourth-order valence-electron chi connectivity index (χ4n) is 3.23. The van der Waals surface area contributed by atoms with Gasteiger partial charge >= 0.3 is 0 Å². The molecule has 0 saturated carbocycles. The lowest BCUT2D eigenvalue weighted by Gasteiger charge is -2.32. The second-order valence-corrected chi connectivity index (χ2v) is 5.77. The highest BCUT2D eigenvalue weighted by Gasteiger charge is 2.33. The van der Waals surface area contributed by atoms with E-state index in [9.17, 15) is 9.59 Å². The van der Waals surface area contributed by atoms with Gasteiger partial charge in [-0.25, -0.2) is 0 Å². The third kappa shape index (κ3) is 2.73. The lowest BCUT2D eigenvalue weighted by molar-refractivity contribution is -0.136. The summed E-state index contributed by atoms with van der Waals surface area (Å²) in [6, 6.07) is 7.91. The highest BCUT2D eigenvalue weighted by molar-refractivity contribution is 5.88. The van der Waals surface area contributed by atoms with Crippen LogP contribution in [0.15, 0.2) is 24.3 Å². The van der Waals surface area contributed by atoms with Gasteiger partial charge in [0.15, 0.2) is 0 Å². The van der Waals surface area contributed by atoms with Crippen molar-refractivity contribution < 1.29 is 9.59 Å². The van der Waals surface area contributed by atoms with Gasteiger partial charge in [0.1, 0.15) is 6.04 Å². The monoisotopic (exact) mass is 287 g/mol. The predicted octanol–water partition coefficient (Wildman–Crippen LogP) is 1.01. The van der Waals surface area contributed by atoms with Crippen molar-refractivity contribution in [3.63, 3.8) is 0 Å². The number of carbonyl (C=O) groups is 2. The van der Waals surface area contributed by atoms with Crippen LogP contribution in [0.4, 0.5) is 5.69 Å². The second-order valence-electron chi connectivity index (χ2n) is 5.77. The maximum absolute atomic E-state index is 12.6. The summed E-state index contributed by atoms with van der Waals surface area (Å²) >= 11 is 0. The summed E-state index contributed by atoms with van der Waals surface area (Å²) in [6.07, 6.45) is 2.26. The zero-order chi connectivity index (χ0) is 14.8. The zero-order valence-electron chi connectivity index (χ0n) is 12.3. The average molecular weight is 287 g/mol. The van der Waals surface area contributed by atoms with E-state index in [1.54, 1.807) is 7.05 Å². The Kier molecular flexibility index (Phi) is 3.82.